The molecule has 8 nitrogen and oxygen atoms in total. The van der Waals surface area contributed by atoms with Gasteiger partial charge in [0.2, 0.25) is 11.9 Å². The molecule has 16 heavy (non-hydrogen) atoms. The first-order valence-corrected chi connectivity index (χ1v) is 4.61. The molecule has 0 unspecified atom stereocenters. The quantitative estimate of drug-likeness (QED) is 0.532. The van der Waals surface area contributed by atoms with Crippen LogP contribution in [0.4, 0.5) is 11.8 Å². The Morgan fingerprint density at radius 1 is 1.56 bits per heavy atom. The highest BCUT2D eigenvalue weighted by Crippen LogP contribution is 2.18. The van der Waals surface area contributed by atoms with Crippen LogP contribution in [0.2, 0.25) is 0 Å². The fraction of sp³-hybridized carbons (Fsp3) is 0.250. The predicted octanol–water partition coefficient (Wildman–Crippen LogP) is -0.907. The minimum Gasteiger partial charge on any atom is -0.368 e. The van der Waals surface area contributed by atoms with Gasteiger partial charge in [0.15, 0.2) is 5.65 Å². The minimum absolute atomic E-state index is 0.118. The number of carbonyl (C=O) groups excluding carboxylic acids is 1. The van der Waals surface area contributed by atoms with E-state index in [0.29, 0.717) is 16.9 Å². The Bertz CT molecular complexity index is 520. The molecule has 0 aliphatic carbocycles. The molecule has 0 saturated carbocycles. The zero-order valence-corrected chi connectivity index (χ0v) is 8.61. The molecule has 2 aromatic heterocycles. The summed E-state index contributed by atoms with van der Waals surface area (Å²) >= 11 is 0. The minimum atomic E-state index is -0.145. The number of nitrogens with zero attached hydrogens (tertiary/aromatic N) is 3. The number of fused-ring (bicyclic) bond motifs is 1. The summed E-state index contributed by atoms with van der Waals surface area (Å²) in [4.78, 5) is 19.0. The number of anilines is 2. The molecular formula is C8H11N7O. The Labute approximate surface area is 90.6 Å². The van der Waals surface area contributed by atoms with Gasteiger partial charge in [0.25, 0.3) is 0 Å². The van der Waals surface area contributed by atoms with Crippen LogP contribution in [0.5, 0.6) is 0 Å². The van der Waals surface area contributed by atoms with Crippen molar-refractivity contribution in [2.24, 2.45) is 0 Å². The molecule has 0 aliphatic rings. The molecule has 0 fully saturated rings. The highest BCUT2D eigenvalue weighted by Gasteiger charge is 2.08. The van der Waals surface area contributed by atoms with E-state index in [1.807, 2.05) is 0 Å². The van der Waals surface area contributed by atoms with E-state index in [1.54, 1.807) is 13.2 Å². The molecule has 0 radical (unpaired) electrons. The van der Waals surface area contributed by atoms with Crippen LogP contribution in [0, 0.1) is 0 Å². The molecule has 8 heteroatoms. The fourth-order valence-corrected chi connectivity index (χ4v) is 1.24. The second kappa shape index (κ2) is 4.01. The number of hydrogen-bond acceptors (Lipinski definition) is 6. The van der Waals surface area contributed by atoms with E-state index < -0.39 is 0 Å². The van der Waals surface area contributed by atoms with Crippen molar-refractivity contribution in [1.29, 1.82) is 0 Å². The smallest absolute Gasteiger partial charge is 0.239 e. The van der Waals surface area contributed by atoms with Crippen molar-refractivity contribution in [2.75, 3.05) is 24.6 Å². The number of nitrogen functional groups attached to an aromatic ring is 1. The van der Waals surface area contributed by atoms with Gasteiger partial charge in [-0.3, -0.25) is 9.89 Å². The van der Waals surface area contributed by atoms with Gasteiger partial charge in [-0.2, -0.15) is 15.1 Å². The molecular weight excluding hydrogens is 210 g/mol. The third-order valence-corrected chi connectivity index (χ3v) is 2.02. The monoisotopic (exact) mass is 221 g/mol. The van der Waals surface area contributed by atoms with Crippen LogP contribution in [-0.4, -0.2) is 39.7 Å². The number of rotatable bonds is 3. The van der Waals surface area contributed by atoms with Gasteiger partial charge in [0.1, 0.15) is 5.82 Å². The summed E-state index contributed by atoms with van der Waals surface area (Å²) in [7, 11) is 1.56. The summed E-state index contributed by atoms with van der Waals surface area (Å²) in [5, 5.41) is 12.6. The predicted molar refractivity (Wildman–Crippen MR) is 58.7 cm³/mol. The van der Waals surface area contributed by atoms with E-state index in [1.165, 1.54) is 0 Å². The number of hydrogen-bond donors (Lipinski definition) is 4. The Morgan fingerprint density at radius 3 is 3.12 bits per heavy atom. The summed E-state index contributed by atoms with van der Waals surface area (Å²) in [6.45, 7) is 0.118. The number of aromatic amines is 1. The number of carbonyl (C=O) groups is 1. The number of likely N-dealkylation sites (N-methyl/N-ethyl adjacent to an activating group) is 1. The van der Waals surface area contributed by atoms with Crippen molar-refractivity contribution in [3.05, 3.63) is 6.20 Å². The van der Waals surface area contributed by atoms with Crippen molar-refractivity contribution < 1.29 is 4.79 Å². The van der Waals surface area contributed by atoms with E-state index in [2.05, 4.69) is 30.8 Å². The number of amides is 1. The molecule has 0 spiro atoms. The SMILES string of the molecule is CNC(=O)CNc1nc(N)nc2[nH]ncc12. The molecule has 0 bridgehead atoms. The molecule has 0 saturated heterocycles. The lowest BCUT2D eigenvalue weighted by Crippen LogP contribution is -2.26. The van der Waals surface area contributed by atoms with Crippen LogP contribution >= 0.6 is 0 Å². The zero-order valence-electron chi connectivity index (χ0n) is 8.61. The van der Waals surface area contributed by atoms with Crippen molar-refractivity contribution in [3.63, 3.8) is 0 Å². The molecule has 2 rings (SSSR count). The summed E-state index contributed by atoms with van der Waals surface area (Å²) < 4.78 is 0. The van der Waals surface area contributed by atoms with E-state index in [9.17, 15) is 4.79 Å². The fourth-order valence-electron chi connectivity index (χ4n) is 1.24. The van der Waals surface area contributed by atoms with Gasteiger partial charge in [0.05, 0.1) is 18.1 Å². The van der Waals surface area contributed by atoms with Crippen molar-refractivity contribution in [3.8, 4) is 0 Å². The number of nitrogens with one attached hydrogen (secondary N) is 3. The lowest BCUT2D eigenvalue weighted by atomic mass is 10.4. The first kappa shape index (κ1) is 10.1. The standard InChI is InChI=1S/C8H11N7O/c1-10-5(16)3-11-6-4-2-12-15-7(4)14-8(9)13-6/h2H,3H2,1H3,(H,10,16)(H4,9,11,12,13,14,15). The number of aromatic nitrogens is 4. The first-order chi connectivity index (χ1) is 7.70. The Hall–Kier alpha value is -2.38. The average Bonchev–Trinajstić information content (AvgIpc) is 2.73. The van der Waals surface area contributed by atoms with E-state index >= 15 is 0 Å². The molecule has 0 aliphatic heterocycles. The van der Waals surface area contributed by atoms with Gasteiger partial charge in [-0.05, 0) is 0 Å². The molecule has 5 N–H and O–H groups in total. The highest BCUT2D eigenvalue weighted by atomic mass is 16.1. The summed E-state index contributed by atoms with van der Waals surface area (Å²) in [5.74, 6) is 0.463. The summed E-state index contributed by atoms with van der Waals surface area (Å²) in [6, 6.07) is 0. The van der Waals surface area contributed by atoms with Crippen molar-refractivity contribution in [2.45, 2.75) is 0 Å². The number of H-pyrrole nitrogens is 1. The zero-order chi connectivity index (χ0) is 11.5. The van der Waals surface area contributed by atoms with Crippen molar-refractivity contribution in [1.82, 2.24) is 25.5 Å². The van der Waals surface area contributed by atoms with Crippen LogP contribution in [0.15, 0.2) is 6.20 Å². The van der Waals surface area contributed by atoms with Gasteiger partial charge in [0, 0.05) is 7.05 Å². The van der Waals surface area contributed by atoms with Gasteiger partial charge in [-0.15, -0.1) is 0 Å². The van der Waals surface area contributed by atoms with Gasteiger partial charge >= 0.3 is 0 Å². The normalized spacial score (nSPS) is 10.3. The van der Waals surface area contributed by atoms with Gasteiger partial charge < -0.3 is 16.4 Å². The molecule has 2 aromatic rings. The van der Waals surface area contributed by atoms with Gasteiger partial charge in [-0.25, -0.2) is 0 Å². The van der Waals surface area contributed by atoms with Crippen molar-refractivity contribution >= 4 is 28.7 Å². The summed E-state index contributed by atoms with van der Waals surface area (Å²) in [5.41, 5.74) is 6.05. The van der Waals surface area contributed by atoms with Crippen LogP contribution in [0.3, 0.4) is 0 Å². The third-order valence-electron chi connectivity index (χ3n) is 2.02. The van der Waals surface area contributed by atoms with Crippen LogP contribution in [0.1, 0.15) is 0 Å². The molecule has 1 amide bonds. The summed E-state index contributed by atoms with van der Waals surface area (Å²) in [6.07, 6.45) is 1.57. The molecule has 0 aromatic carbocycles. The third kappa shape index (κ3) is 1.85. The topological polar surface area (TPSA) is 122 Å². The van der Waals surface area contributed by atoms with E-state index in [4.69, 9.17) is 5.73 Å². The second-order valence-corrected chi connectivity index (χ2v) is 3.09. The number of nitrogens with two attached hydrogens (primary N) is 1. The van der Waals surface area contributed by atoms with Gasteiger partial charge in [-0.1, -0.05) is 0 Å². The Balaban J connectivity index is 2.28. The second-order valence-electron chi connectivity index (χ2n) is 3.09. The Kier molecular flexibility index (Phi) is 2.54. The maximum absolute atomic E-state index is 11.1. The maximum atomic E-state index is 11.1. The molecule has 2 heterocycles. The lowest BCUT2D eigenvalue weighted by Gasteiger charge is -2.05. The van der Waals surface area contributed by atoms with Crippen LogP contribution in [-0.2, 0) is 4.79 Å². The van der Waals surface area contributed by atoms with E-state index in [-0.39, 0.29) is 18.4 Å². The Morgan fingerprint density at radius 2 is 2.38 bits per heavy atom. The van der Waals surface area contributed by atoms with Crippen LogP contribution < -0.4 is 16.4 Å². The largest absolute Gasteiger partial charge is 0.368 e. The lowest BCUT2D eigenvalue weighted by molar-refractivity contribution is -0.118. The molecule has 0 atom stereocenters. The van der Waals surface area contributed by atoms with Crippen LogP contribution in [0.25, 0.3) is 11.0 Å². The highest BCUT2D eigenvalue weighted by molar-refractivity contribution is 5.89. The molecule has 84 valence electrons. The van der Waals surface area contributed by atoms with E-state index in [0.717, 1.165) is 0 Å². The first-order valence-electron chi connectivity index (χ1n) is 4.61. The average molecular weight is 221 g/mol. The maximum Gasteiger partial charge on any atom is 0.239 e.